The Balaban J connectivity index is 1.37. The van der Waals surface area contributed by atoms with Crippen molar-refractivity contribution in [2.24, 2.45) is 0 Å². The molecule has 3 amide bonds. The highest BCUT2D eigenvalue weighted by molar-refractivity contribution is 5.90. The number of benzene rings is 2. The number of likely N-dealkylation sites (N-methyl/N-ethyl adjacent to an activating group) is 1. The number of halogens is 6. The van der Waals surface area contributed by atoms with Gasteiger partial charge in [-0.3, -0.25) is 14.5 Å². The van der Waals surface area contributed by atoms with Crippen LogP contribution in [0.3, 0.4) is 0 Å². The van der Waals surface area contributed by atoms with Crippen molar-refractivity contribution in [1.29, 1.82) is 0 Å². The van der Waals surface area contributed by atoms with Gasteiger partial charge in [-0.2, -0.15) is 26.3 Å². The van der Waals surface area contributed by atoms with Gasteiger partial charge in [0.1, 0.15) is 18.8 Å². The highest BCUT2D eigenvalue weighted by atomic mass is 19.4. The molecule has 2 atom stereocenters. The molecule has 46 heavy (non-hydrogen) atoms. The third-order valence-electron chi connectivity index (χ3n) is 8.63. The van der Waals surface area contributed by atoms with E-state index in [0.29, 0.717) is 25.1 Å². The van der Waals surface area contributed by atoms with Crippen LogP contribution in [0.4, 0.5) is 31.1 Å². The first-order chi connectivity index (χ1) is 21.7. The third kappa shape index (κ3) is 7.74. The van der Waals surface area contributed by atoms with Crippen molar-refractivity contribution < 1.29 is 45.5 Å². The molecule has 15 heteroatoms. The highest BCUT2D eigenvalue weighted by Gasteiger charge is 2.49. The first-order valence-corrected chi connectivity index (χ1v) is 15.0. The fourth-order valence-corrected chi connectivity index (χ4v) is 6.12. The van der Waals surface area contributed by atoms with Crippen LogP contribution in [0.2, 0.25) is 0 Å². The van der Waals surface area contributed by atoms with Crippen LogP contribution >= 0.6 is 0 Å². The first kappa shape index (κ1) is 33.5. The molecule has 3 aliphatic heterocycles. The molecular formula is C31H35F6N5O4. The van der Waals surface area contributed by atoms with E-state index in [2.05, 4.69) is 9.80 Å². The monoisotopic (exact) mass is 655 g/mol. The summed E-state index contributed by atoms with van der Waals surface area (Å²) in [5, 5.41) is 0. The molecule has 0 bridgehead atoms. The molecule has 250 valence electrons. The molecule has 0 aromatic heterocycles. The second-order valence-electron chi connectivity index (χ2n) is 11.8. The maximum absolute atomic E-state index is 13.9. The molecule has 0 radical (unpaired) electrons. The van der Waals surface area contributed by atoms with E-state index in [1.54, 1.807) is 4.90 Å². The summed E-state index contributed by atoms with van der Waals surface area (Å²) >= 11 is 0. The van der Waals surface area contributed by atoms with Gasteiger partial charge in [0.25, 0.3) is 0 Å². The molecule has 0 unspecified atom stereocenters. The minimum atomic E-state index is -5.05. The van der Waals surface area contributed by atoms with Crippen LogP contribution < -0.4 is 0 Å². The minimum Gasteiger partial charge on any atom is -0.444 e. The van der Waals surface area contributed by atoms with E-state index >= 15 is 0 Å². The number of rotatable bonds is 7. The lowest BCUT2D eigenvalue weighted by atomic mass is 10.0. The second kappa shape index (κ2) is 13.5. The number of hydrogen-bond donors (Lipinski definition) is 0. The van der Waals surface area contributed by atoms with Crippen LogP contribution in [0.1, 0.15) is 35.1 Å². The molecule has 2 aromatic rings. The smallest absolute Gasteiger partial charge is 0.416 e. The SMILES string of the molecule is CN1CCN(CC[C@H]2C(=O)N(Cc3ccccc3)C[C@@H]3N(C(=O)OCc4cc(C(F)(F)F)cc(C(F)(F)F)c4)CCC(=O)N32)CC1. The van der Waals surface area contributed by atoms with E-state index in [9.17, 15) is 40.7 Å². The van der Waals surface area contributed by atoms with Gasteiger partial charge >= 0.3 is 18.4 Å². The molecule has 3 aliphatic rings. The van der Waals surface area contributed by atoms with Gasteiger partial charge in [-0.1, -0.05) is 30.3 Å². The number of hydrogen-bond acceptors (Lipinski definition) is 6. The van der Waals surface area contributed by atoms with Gasteiger partial charge in [0.05, 0.1) is 17.7 Å². The first-order valence-electron chi connectivity index (χ1n) is 15.0. The van der Waals surface area contributed by atoms with Crippen LogP contribution in [-0.4, -0.2) is 107 Å². The Hall–Kier alpha value is -3.85. The fourth-order valence-electron chi connectivity index (χ4n) is 6.12. The zero-order valence-electron chi connectivity index (χ0n) is 25.2. The van der Waals surface area contributed by atoms with Crippen molar-refractivity contribution in [3.05, 3.63) is 70.8 Å². The molecule has 0 N–H and O–H groups in total. The lowest BCUT2D eigenvalue weighted by molar-refractivity contribution is -0.169. The molecule has 3 saturated heterocycles. The lowest BCUT2D eigenvalue weighted by Crippen LogP contribution is -2.71. The number of alkyl halides is 6. The van der Waals surface area contributed by atoms with Crippen LogP contribution in [0.25, 0.3) is 0 Å². The van der Waals surface area contributed by atoms with Crippen molar-refractivity contribution in [3.8, 4) is 0 Å². The van der Waals surface area contributed by atoms with E-state index in [4.69, 9.17) is 4.74 Å². The zero-order chi connectivity index (χ0) is 33.2. The van der Waals surface area contributed by atoms with E-state index in [1.807, 2.05) is 37.4 Å². The minimum absolute atomic E-state index is 0.00208. The van der Waals surface area contributed by atoms with Crippen LogP contribution in [0.5, 0.6) is 0 Å². The molecule has 0 aliphatic carbocycles. The maximum Gasteiger partial charge on any atom is 0.416 e. The third-order valence-corrected chi connectivity index (χ3v) is 8.63. The molecule has 9 nitrogen and oxygen atoms in total. The fraction of sp³-hybridized carbons (Fsp3) is 0.516. The summed E-state index contributed by atoms with van der Waals surface area (Å²) in [5.41, 5.74) is -2.69. The summed E-state index contributed by atoms with van der Waals surface area (Å²) in [5.74, 6) is -0.584. The average Bonchev–Trinajstić information content (AvgIpc) is 3.00. The maximum atomic E-state index is 13.9. The second-order valence-corrected chi connectivity index (χ2v) is 11.8. The Morgan fingerprint density at radius 2 is 1.50 bits per heavy atom. The summed E-state index contributed by atoms with van der Waals surface area (Å²) in [6, 6.07) is 9.32. The predicted molar refractivity (Wildman–Crippen MR) is 153 cm³/mol. The normalized spacial score (nSPS) is 21.8. The Morgan fingerprint density at radius 3 is 2.11 bits per heavy atom. The standard InChI is InChI=1S/C31H35F6N5O4/c1-38-11-13-39(14-12-38)9-7-25-28(44)40(18-21-5-3-2-4-6-21)19-26-41(10-8-27(43)42(25)26)29(45)46-20-22-15-23(30(32,33)34)17-24(16-22)31(35,36)37/h2-6,15-17,25-26H,7-14,18-20H2,1H3/t25-,26+/m0/s1. The summed E-state index contributed by atoms with van der Waals surface area (Å²) in [6.07, 6.45) is -11.8. The Morgan fingerprint density at radius 1 is 0.870 bits per heavy atom. The van der Waals surface area contributed by atoms with Crippen molar-refractivity contribution in [1.82, 2.24) is 24.5 Å². The van der Waals surface area contributed by atoms with Crippen LogP contribution in [0, 0.1) is 0 Å². The molecule has 3 heterocycles. The molecule has 0 saturated carbocycles. The van der Waals surface area contributed by atoms with Gasteiger partial charge in [-0.05, 0) is 42.8 Å². The van der Waals surface area contributed by atoms with Crippen molar-refractivity contribution >= 4 is 17.9 Å². The number of fused-ring (bicyclic) bond motifs is 1. The van der Waals surface area contributed by atoms with E-state index < -0.39 is 54.0 Å². The number of carbonyl (C=O) groups is 3. The van der Waals surface area contributed by atoms with E-state index in [0.717, 1.165) is 31.7 Å². The molecule has 2 aromatic carbocycles. The summed E-state index contributed by atoms with van der Waals surface area (Å²) in [4.78, 5) is 49.2. The van der Waals surface area contributed by atoms with Gasteiger partial charge in [-0.25, -0.2) is 4.79 Å². The number of ether oxygens (including phenoxy) is 1. The van der Waals surface area contributed by atoms with E-state index in [1.165, 1.54) is 9.80 Å². The molecule has 0 spiro atoms. The Bertz CT molecular complexity index is 1380. The quantitative estimate of drug-likeness (QED) is 0.415. The average molecular weight is 656 g/mol. The van der Waals surface area contributed by atoms with Crippen molar-refractivity contribution in [2.75, 3.05) is 52.9 Å². The number of nitrogens with zero attached hydrogens (tertiary/aromatic N) is 5. The van der Waals surface area contributed by atoms with E-state index in [-0.39, 0.29) is 43.9 Å². The Labute approximate surface area is 262 Å². The molecule has 5 rings (SSSR count). The predicted octanol–water partition coefficient (Wildman–Crippen LogP) is 4.27. The van der Waals surface area contributed by atoms with Gasteiger partial charge in [-0.15, -0.1) is 0 Å². The highest BCUT2D eigenvalue weighted by Crippen LogP contribution is 2.37. The van der Waals surface area contributed by atoms with Crippen molar-refractivity contribution in [3.63, 3.8) is 0 Å². The van der Waals surface area contributed by atoms with Gasteiger partial charge in [0.15, 0.2) is 0 Å². The summed E-state index contributed by atoms with van der Waals surface area (Å²) in [7, 11) is 2.02. The topological polar surface area (TPSA) is 76.6 Å². The van der Waals surface area contributed by atoms with Gasteiger partial charge in [0.2, 0.25) is 11.8 Å². The summed E-state index contributed by atoms with van der Waals surface area (Å²) in [6.45, 7) is 3.09. The van der Waals surface area contributed by atoms with Crippen LogP contribution in [0.15, 0.2) is 48.5 Å². The number of piperazine rings is 2. The number of amides is 3. The Kier molecular flexibility index (Phi) is 9.82. The van der Waals surface area contributed by atoms with Crippen molar-refractivity contribution in [2.45, 2.75) is 50.6 Å². The number of carbonyl (C=O) groups excluding carboxylic acids is 3. The van der Waals surface area contributed by atoms with Crippen LogP contribution in [-0.2, 0) is 39.8 Å². The van der Waals surface area contributed by atoms with Gasteiger partial charge < -0.3 is 24.3 Å². The molecular weight excluding hydrogens is 620 g/mol. The zero-order valence-corrected chi connectivity index (χ0v) is 25.2. The summed E-state index contributed by atoms with van der Waals surface area (Å²) < 4.78 is 85.4. The lowest BCUT2D eigenvalue weighted by Gasteiger charge is -2.52. The largest absolute Gasteiger partial charge is 0.444 e. The molecule has 3 fully saturated rings. The van der Waals surface area contributed by atoms with Gasteiger partial charge in [0, 0.05) is 52.2 Å².